The van der Waals surface area contributed by atoms with Crippen molar-refractivity contribution in [1.29, 1.82) is 0 Å². The predicted octanol–water partition coefficient (Wildman–Crippen LogP) is 1.52. The van der Waals surface area contributed by atoms with Crippen LogP contribution in [0.2, 0.25) is 0 Å². The number of rotatable bonds is 5. The molecule has 0 radical (unpaired) electrons. The fourth-order valence-electron chi connectivity index (χ4n) is 1.54. The molecule has 0 aliphatic heterocycles. The average Bonchev–Trinajstić information content (AvgIpc) is 2.65. The summed E-state index contributed by atoms with van der Waals surface area (Å²) in [5.41, 5.74) is -0.686. The number of carboxylic acid groups (broad SMARTS) is 1. The standard InChI is InChI=1S/C11H16N2O4/c1-4-5-8(14)12-11(2,3)9-7(10(15)16)6-17-13-9/h6H,4-5H2,1-3H3,(H,12,14)(H,15,16). The maximum Gasteiger partial charge on any atom is 0.341 e. The minimum Gasteiger partial charge on any atom is -0.478 e. The van der Waals surface area contributed by atoms with Gasteiger partial charge >= 0.3 is 5.97 Å². The maximum atomic E-state index is 11.5. The summed E-state index contributed by atoms with van der Waals surface area (Å²) >= 11 is 0. The third-order valence-electron chi connectivity index (χ3n) is 2.32. The molecule has 0 aliphatic rings. The Morgan fingerprint density at radius 3 is 2.71 bits per heavy atom. The highest BCUT2D eigenvalue weighted by Gasteiger charge is 2.31. The molecule has 0 saturated heterocycles. The lowest BCUT2D eigenvalue weighted by Crippen LogP contribution is -2.42. The minimum absolute atomic E-state index is 0.0354. The third kappa shape index (κ3) is 3.05. The summed E-state index contributed by atoms with van der Waals surface area (Å²) < 4.78 is 4.65. The summed E-state index contributed by atoms with van der Waals surface area (Å²) in [6, 6.07) is 0. The van der Waals surface area contributed by atoms with Gasteiger partial charge in [0.15, 0.2) is 0 Å². The number of nitrogens with one attached hydrogen (secondary N) is 1. The molecule has 0 atom stereocenters. The van der Waals surface area contributed by atoms with Crippen LogP contribution in [0, 0.1) is 0 Å². The van der Waals surface area contributed by atoms with E-state index in [1.54, 1.807) is 13.8 Å². The highest BCUT2D eigenvalue weighted by Crippen LogP contribution is 2.22. The van der Waals surface area contributed by atoms with E-state index in [1.807, 2.05) is 6.92 Å². The van der Waals surface area contributed by atoms with E-state index < -0.39 is 11.5 Å². The predicted molar refractivity (Wildman–Crippen MR) is 59.5 cm³/mol. The van der Waals surface area contributed by atoms with Crippen molar-refractivity contribution in [1.82, 2.24) is 10.5 Å². The normalized spacial score (nSPS) is 11.2. The number of nitrogens with zero attached hydrogens (tertiary/aromatic N) is 1. The number of carboxylic acids is 1. The van der Waals surface area contributed by atoms with Crippen molar-refractivity contribution >= 4 is 11.9 Å². The Kier molecular flexibility index (Phi) is 3.88. The Labute approximate surface area is 99.0 Å². The van der Waals surface area contributed by atoms with Gasteiger partial charge < -0.3 is 14.9 Å². The van der Waals surface area contributed by atoms with E-state index >= 15 is 0 Å². The molecule has 1 aromatic heterocycles. The smallest absolute Gasteiger partial charge is 0.341 e. The van der Waals surface area contributed by atoms with Crippen LogP contribution >= 0.6 is 0 Å². The van der Waals surface area contributed by atoms with Crippen LogP contribution in [-0.2, 0) is 10.3 Å². The molecule has 1 rings (SSSR count). The summed E-state index contributed by atoms with van der Waals surface area (Å²) in [6.07, 6.45) is 2.18. The van der Waals surface area contributed by atoms with Crippen LogP contribution in [0.3, 0.4) is 0 Å². The van der Waals surface area contributed by atoms with Crippen LogP contribution in [0.4, 0.5) is 0 Å². The zero-order valence-corrected chi connectivity index (χ0v) is 10.1. The average molecular weight is 240 g/mol. The first kappa shape index (κ1) is 13.2. The quantitative estimate of drug-likeness (QED) is 0.814. The van der Waals surface area contributed by atoms with Crippen molar-refractivity contribution in [3.8, 4) is 0 Å². The molecule has 0 unspecified atom stereocenters. The van der Waals surface area contributed by atoms with Gasteiger partial charge in [-0.25, -0.2) is 4.79 Å². The second-order valence-electron chi connectivity index (χ2n) is 4.31. The Hall–Kier alpha value is -1.85. The third-order valence-corrected chi connectivity index (χ3v) is 2.32. The maximum absolute atomic E-state index is 11.5. The van der Waals surface area contributed by atoms with E-state index in [2.05, 4.69) is 15.0 Å². The minimum atomic E-state index is -1.13. The topological polar surface area (TPSA) is 92.4 Å². The van der Waals surface area contributed by atoms with Crippen LogP contribution in [0.1, 0.15) is 49.7 Å². The Morgan fingerprint density at radius 2 is 2.18 bits per heavy atom. The molecular weight excluding hydrogens is 224 g/mol. The van der Waals surface area contributed by atoms with Crippen LogP contribution < -0.4 is 5.32 Å². The van der Waals surface area contributed by atoms with Gasteiger partial charge in [0.05, 0.1) is 5.54 Å². The lowest BCUT2D eigenvalue weighted by Gasteiger charge is -2.24. The molecule has 6 heteroatoms. The largest absolute Gasteiger partial charge is 0.478 e. The molecule has 0 bridgehead atoms. The van der Waals surface area contributed by atoms with Gasteiger partial charge in [-0.15, -0.1) is 0 Å². The molecule has 0 aromatic carbocycles. The van der Waals surface area contributed by atoms with Crippen LogP contribution in [-0.4, -0.2) is 22.1 Å². The number of amides is 1. The van der Waals surface area contributed by atoms with Gasteiger partial charge in [0, 0.05) is 6.42 Å². The summed E-state index contributed by atoms with van der Waals surface area (Å²) in [4.78, 5) is 22.4. The van der Waals surface area contributed by atoms with Crippen molar-refractivity contribution in [3.05, 3.63) is 17.5 Å². The fourth-order valence-corrected chi connectivity index (χ4v) is 1.54. The molecular formula is C11H16N2O4. The van der Waals surface area contributed by atoms with Gasteiger partial charge in [0.2, 0.25) is 5.91 Å². The lowest BCUT2D eigenvalue weighted by atomic mass is 9.96. The molecule has 6 nitrogen and oxygen atoms in total. The number of carbonyl (C=O) groups excluding carboxylic acids is 1. The molecule has 17 heavy (non-hydrogen) atoms. The second kappa shape index (κ2) is 4.99. The van der Waals surface area contributed by atoms with Crippen molar-refractivity contribution < 1.29 is 19.2 Å². The molecule has 94 valence electrons. The number of aromatic nitrogens is 1. The zero-order chi connectivity index (χ0) is 13.1. The molecule has 1 aromatic rings. The van der Waals surface area contributed by atoms with Gasteiger partial charge in [-0.1, -0.05) is 12.1 Å². The second-order valence-corrected chi connectivity index (χ2v) is 4.31. The first-order valence-corrected chi connectivity index (χ1v) is 5.37. The zero-order valence-electron chi connectivity index (χ0n) is 10.1. The van der Waals surface area contributed by atoms with Crippen LogP contribution in [0.15, 0.2) is 10.8 Å². The van der Waals surface area contributed by atoms with E-state index in [0.717, 1.165) is 12.7 Å². The first-order chi connectivity index (χ1) is 7.88. The molecule has 0 fully saturated rings. The lowest BCUT2D eigenvalue weighted by molar-refractivity contribution is -0.122. The molecule has 1 heterocycles. The summed E-state index contributed by atoms with van der Waals surface area (Å²) in [5.74, 6) is -1.27. The van der Waals surface area contributed by atoms with Gasteiger partial charge in [-0.3, -0.25) is 4.79 Å². The molecule has 0 aliphatic carbocycles. The van der Waals surface area contributed by atoms with Crippen molar-refractivity contribution in [2.24, 2.45) is 0 Å². The monoisotopic (exact) mass is 240 g/mol. The van der Waals surface area contributed by atoms with E-state index in [0.29, 0.717) is 6.42 Å². The number of aromatic carboxylic acids is 1. The van der Waals surface area contributed by atoms with Gasteiger partial charge in [0.25, 0.3) is 0 Å². The van der Waals surface area contributed by atoms with Crippen LogP contribution in [0.25, 0.3) is 0 Å². The number of hydrogen-bond acceptors (Lipinski definition) is 4. The number of carbonyl (C=O) groups is 2. The number of hydrogen-bond donors (Lipinski definition) is 2. The molecule has 1 amide bonds. The van der Waals surface area contributed by atoms with E-state index in [9.17, 15) is 9.59 Å². The molecule has 0 spiro atoms. The summed E-state index contributed by atoms with van der Waals surface area (Å²) in [7, 11) is 0. The van der Waals surface area contributed by atoms with Gasteiger partial charge in [0.1, 0.15) is 17.5 Å². The van der Waals surface area contributed by atoms with E-state index in [4.69, 9.17) is 5.11 Å². The van der Waals surface area contributed by atoms with Crippen molar-refractivity contribution in [3.63, 3.8) is 0 Å². The Bertz CT molecular complexity index is 423. The summed E-state index contributed by atoms with van der Waals surface area (Å²) in [5, 5.41) is 15.3. The Balaban J connectivity index is 2.92. The Morgan fingerprint density at radius 1 is 1.53 bits per heavy atom. The highest BCUT2D eigenvalue weighted by molar-refractivity contribution is 5.89. The fraction of sp³-hybridized carbons (Fsp3) is 0.545. The van der Waals surface area contributed by atoms with Gasteiger partial charge in [-0.2, -0.15) is 0 Å². The first-order valence-electron chi connectivity index (χ1n) is 5.37. The van der Waals surface area contributed by atoms with Crippen molar-refractivity contribution in [2.45, 2.75) is 39.2 Å². The molecule has 2 N–H and O–H groups in total. The van der Waals surface area contributed by atoms with Crippen molar-refractivity contribution in [2.75, 3.05) is 0 Å². The van der Waals surface area contributed by atoms with Crippen LogP contribution in [0.5, 0.6) is 0 Å². The molecule has 0 saturated carbocycles. The van der Waals surface area contributed by atoms with E-state index in [1.165, 1.54) is 0 Å². The van der Waals surface area contributed by atoms with E-state index in [-0.39, 0.29) is 17.2 Å². The summed E-state index contributed by atoms with van der Waals surface area (Å²) in [6.45, 7) is 5.26. The van der Waals surface area contributed by atoms with Gasteiger partial charge in [-0.05, 0) is 20.3 Å². The highest BCUT2D eigenvalue weighted by atomic mass is 16.5. The SMILES string of the molecule is CCCC(=O)NC(C)(C)c1nocc1C(=O)O.